The number of ether oxygens (including phenoxy) is 5. The second-order valence-electron chi connectivity index (χ2n) is 15.2. The maximum Gasteiger partial charge on any atom is 0.229 e. The van der Waals surface area contributed by atoms with Gasteiger partial charge in [0.25, 0.3) is 0 Å². The van der Waals surface area contributed by atoms with E-state index in [2.05, 4.69) is 5.32 Å². The van der Waals surface area contributed by atoms with Crippen molar-refractivity contribution in [1.82, 2.24) is 5.32 Å². The van der Waals surface area contributed by atoms with Crippen LogP contribution in [0.2, 0.25) is 0 Å². The number of fused-ring (bicyclic) bond motifs is 3. The number of hydrogen-bond acceptors (Lipinski definition) is 18. The Morgan fingerprint density at radius 2 is 1.57 bits per heavy atom. The average molecular weight is 816 g/mol. The quantitative estimate of drug-likeness (QED) is 0.100. The fourth-order valence-electron chi connectivity index (χ4n) is 8.49. The van der Waals surface area contributed by atoms with E-state index in [9.17, 15) is 61.0 Å². The van der Waals surface area contributed by atoms with Gasteiger partial charge in [0, 0.05) is 59.7 Å². The van der Waals surface area contributed by atoms with Crippen LogP contribution in [0.1, 0.15) is 77.0 Å². The van der Waals surface area contributed by atoms with Crippen LogP contribution in [0.15, 0.2) is 42.5 Å². The summed E-state index contributed by atoms with van der Waals surface area (Å²) in [5, 5.41) is 122. The molecule has 2 saturated heterocycles. The first-order chi connectivity index (χ1) is 27.6. The van der Waals surface area contributed by atoms with Crippen LogP contribution in [0, 0.1) is 0 Å². The first kappa shape index (κ1) is 42.1. The summed E-state index contributed by atoms with van der Waals surface area (Å²) >= 11 is 0. The molecule has 7 rings (SSSR count). The fourth-order valence-corrected chi connectivity index (χ4v) is 8.49. The lowest BCUT2D eigenvalue weighted by Crippen LogP contribution is -2.60. The number of carbonyl (C=O) groups is 1. The van der Waals surface area contributed by atoms with E-state index >= 15 is 0 Å². The van der Waals surface area contributed by atoms with Crippen LogP contribution >= 0.6 is 0 Å². The van der Waals surface area contributed by atoms with E-state index in [0.717, 1.165) is 5.56 Å². The number of hydrogen-bond donors (Lipinski definition) is 12. The Hall–Kier alpha value is -3.99. The molecule has 0 spiro atoms. The van der Waals surface area contributed by atoms with Gasteiger partial charge in [-0.05, 0) is 36.2 Å². The Balaban J connectivity index is 1.11. The van der Waals surface area contributed by atoms with Crippen LogP contribution in [-0.4, -0.2) is 143 Å². The normalized spacial score (nSPS) is 34.4. The van der Waals surface area contributed by atoms with Crippen molar-refractivity contribution in [3.63, 3.8) is 0 Å². The minimum Gasteiger partial charge on any atom is -0.507 e. The number of benzene rings is 3. The number of aliphatic hydroxyl groups is 9. The third-order valence-corrected chi connectivity index (χ3v) is 11.7. The number of Topliss-reactive ketones (excluding diaryl/α,β-unsaturated/α-hetero) is 1. The van der Waals surface area contributed by atoms with Gasteiger partial charge in [-0.2, -0.15) is 0 Å². The Labute approximate surface area is 332 Å². The SMILES string of the molecule is COc1cccc2c1C(O)c1c(O)c3c(c(O)c1C2O)C[C@@](O)(C(=O)CO)C[C@@H]3OC1C[C@H](NCc2ccc(OC3O[C@@H](CO)[C@@H](O)[C@H](O)[C@H]3O)cc2)[C@H](O)[C@H](C)O1. The molecule has 0 amide bonds. The highest BCUT2D eigenvalue weighted by Gasteiger charge is 2.50. The lowest BCUT2D eigenvalue weighted by Gasteiger charge is -2.43. The number of nitrogens with one attached hydrogen (secondary N) is 1. The molecule has 2 fully saturated rings. The molecule has 58 heavy (non-hydrogen) atoms. The summed E-state index contributed by atoms with van der Waals surface area (Å²) < 4.78 is 28.9. The monoisotopic (exact) mass is 815 g/mol. The molecule has 0 aromatic heterocycles. The van der Waals surface area contributed by atoms with Crippen molar-refractivity contribution in [2.24, 2.45) is 0 Å². The molecule has 4 aliphatic rings. The van der Waals surface area contributed by atoms with Crippen molar-refractivity contribution >= 4 is 5.78 Å². The van der Waals surface area contributed by atoms with Gasteiger partial charge >= 0.3 is 0 Å². The molecule has 0 bridgehead atoms. The van der Waals surface area contributed by atoms with Crippen molar-refractivity contribution in [3.05, 3.63) is 81.4 Å². The second-order valence-corrected chi connectivity index (χ2v) is 15.2. The van der Waals surface area contributed by atoms with Gasteiger partial charge in [0.1, 0.15) is 71.8 Å². The van der Waals surface area contributed by atoms with Crippen molar-refractivity contribution in [2.45, 2.75) is 112 Å². The van der Waals surface area contributed by atoms with Crippen LogP contribution in [0.4, 0.5) is 0 Å². The number of aliphatic hydroxyl groups excluding tert-OH is 8. The largest absolute Gasteiger partial charge is 0.507 e. The van der Waals surface area contributed by atoms with Gasteiger partial charge in [0.2, 0.25) is 6.29 Å². The van der Waals surface area contributed by atoms with E-state index in [-0.39, 0.29) is 57.8 Å². The van der Waals surface area contributed by atoms with Gasteiger partial charge in [-0.15, -0.1) is 0 Å². The smallest absolute Gasteiger partial charge is 0.229 e. The maximum absolute atomic E-state index is 13.0. The first-order valence-electron chi connectivity index (χ1n) is 18.9. The highest BCUT2D eigenvalue weighted by molar-refractivity contribution is 5.89. The predicted molar refractivity (Wildman–Crippen MR) is 197 cm³/mol. The molecule has 18 nitrogen and oxygen atoms in total. The third kappa shape index (κ3) is 7.42. The zero-order valence-corrected chi connectivity index (χ0v) is 31.6. The molecular weight excluding hydrogens is 766 g/mol. The number of methoxy groups -OCH3 is 1. The number of ketones is 1. The van der Waals surface area contributed by atoms with Crippen LogP contribution in [-0.2, 0) is 32.0 Å². The number of phenols is 2. The van der Waals surface area contributed by atoms with Gasteiger partial charge in [-0.3, -0.25) is 4.79 Å². The summed E-state index contributed by atoms with van der Waals surface area (Å²) in [6.07, 6.45) is -15.7. The first-order valence-corrected chi connectivity index (χ1v) is 18.9. The number of phenolic OH excluding ortho intramolecular Hbond substituents is 2. The van der Waals surface area contributed by atoms with Gasteiger partial charge in [-0.1, -0.05) is 24.3 Å². The molecule has 0 radical (unpaired) electrons. The lowest BCUT2D eigenvalue weighted by molar-refractivity contribution is -0.277. The summed E-state index contributed by atoms with van der Waals surface area (Å²) in [5.74, 6) is -1.63. The fraction of sp³-hybridized carbons (Fsp3) is 0.525. The van der Waals surface area contributed by atoms with Gasteiger partial charge in [-0.25, -0.2) is 0 Å². The topological polar surface area (TPSA) is 298 Å². The van der Waals surface area contributed by atoms with Crippen molar-refractivity contribution in [1.29, 1.82) is 0 Å². The lowest BCUT2D eigenvalue weighted by atomic mass is 9.71. The highest BCUT2D eigenvalue weighted by Crippen LogP contribution is 2.57. The molecule has 2 aliphatic heterocycles. The molecule has 2 heterocycles. The summed E-state index contributed by atoms with van der Waals surface area (Å²) in [5.41, 5.74) is -1.80. The molecule has 3 aromatic rings. The van der Waals surface area contributed by atoms with Crippen LogP contribution in [0.3, 0.4) is 0 Å². The number of rotatable bonds is 11. The second kappa shape index (κ2) is 16.6. The molecule has 18 heteroatoms. The third-order valence-electron chi connectivity index (χ3n) is 11.7. The van der Waals surface area contributed by atoms with Gasteiger partial charge in [0.05, 0.1) is 32.0 Å². The molecule has 4 unspecified atom stereocenters. The molecule has 13 atom stereocenters. The zero-order valence-electron chi connectivity index (χ0n) is 31.6. The van der Waals surface area contributed by atoms with Gasteiger partial charge < -0.3 is 85.2 Å². The highest BCUT2D eigenvalue weighted by atomic mass is 16.7. The van der Waals surface area contributed by atoms with Crippen LogP contribution < -0.4 is 14.8 Å². The Morgan fingerprint density at radius 1 is 0.862 bits per heavy atom. The number of aromatic hydroxyl groups is 2. The van der Waals surface area contributed by atoms with E-state index in [1.54, 1.807) is 43.3 Å². The van der Waals surface area contributed by atoms with Crippen LogP contribution in [0.25, 0.3) is 0 Å². The molecule has 3 aromatic carbocycles. The maximum atomic E-state index is 13.0. The molecule has 0 saturated carbocycles. The van der Waals surface area contributed by atoms with Gasteiger partial charge in [0.15, 0.2) is 12.1 Å². The van der Waals surface area contributed by atoms with E-state index in [1.165, 1.54) is 13.2 Å². The Kier molecular flexibility index (Phi) is 12.0. The molecular formula is C40H49NO17. The van der Waals surface area contributed by atoms with Crippen molar-refractivity contribution < 1.29 is 84.7 Å². The standard InChI is InChI=1S/C40H49NO17/c1-16-31(45)21(41-13-17-6-8-18(9-7-17)56-39-38(52)37(51)34(48)24(14-42)58-39)10-26(55-16)57-23-12-40(53,25(44)15-43)11-20-28(23)36(50)30-29(33(20)47)32(46)19-4-3-5-22(54-2)27(19)35(30)49/h3-9,16,21,23-24,26,31-32,34-35,37-39,41-43,45-53H,10-15H2,1-2H3/t16-,21-,23-,24-,26?,31+,32?,34+,35?,37-,38+,39?,40-/m0/s1. The molecule has 316 valence electrons. The average Bonchev–Trinajstić information content (AvgIpc) is 3.21. The summed E-state index contributed by atoms with van der Waals surface area (Å²) in [7, 11) is 1.38. The summed E-state index contributed by atoms with van der Waals surface area (Å²) in [6.45, 7) is 0.194. The Morgan fingerprint density at radius 3 is 2.24 bits per heavy atom. The van der Waals surface area contributed by atoms with Crippen molar-refractivity contribution in [3.8, 4) is 23.0 Å². The van der Waals surface area contributed by atoms with E-state index in [4.69, 9.17) is 23.7 Å². The van der Waals surface area contributed by atoms with E-state index in [1.807, 2.05) is 0 Å². The Bertz CT molecular complexity index is 1980. The molecule has 2 aliphatic carbocycles. The minimum atomic E-state index is -2.28. The zero-order chi connectivity index (χ0) is 41.8. The summed E-state index contributed by atoms with van der Waals surface area (Å²) in [4.78, 5) is 13.0. The number of carbonyl (C=O) groups excluding carboxylic acids is 1. The molecule has 12 N–H and O–H groups in total. The van der Waals surface area contributed by atoms with Crippen LogP contribution in [0.5, 0.6) is 23.0 Å². The minimum absolute atomic E-state index is 0.0195. The predicted octanol–water partition coefficient (Wildman–Crippen LogP) is -1.29. The van der Waals surface area contributed by atoms with E-state index < -0.39 is 122 Å². The summed E-state index contributed by atoms with van der Waals surface area (Å²) in [6, 6.07) is 10.6. The van der Waals surface area contributed by atoms with Crippen molar-refractivity contribution in [2.75, 3.05) is 20.3 Å². The van der Waals surface area contributed by atoms with E-state index in [0.29, 0.717) is 0 Å².